The van der Waals surface area contributed by atoms with Gasteiger partial charge < -0.3 is 24.4 Å². The lowest BCUT2D eigenvalue weighted by Crippen LogP contribution is -2.50. The number of pyridine rings is 1. The van der Waals surface area contributed by atoms with E-state index < -0.39 is 29.4 Å². The second-order valence-electron chi connectivity index (χ2n) is 14.7. The number of esters is 1. The van der Waals surface area contributed by atoms with Crippen LogP contribution in [0.3, 0.4) is 0 Å². The molecule has 5 atom stereocenters. The van der Waals surface area contributed by atoms with Crippen LogP contribution >= 0.6 is 11.3 Å². The van der Waals surface area contributed by atoms with Crippen LogP contribution in [0, 0.1) is 24.7 Å². The molecule has 3 aliphatic rings. The van der Waals surface area contributed by atoms with Gasteiger partial charge in [-0.05, 0) is 82.6 Å². The van der Waals surface area contributed by atoms with Gasteiger partial charge in [0.2, 0.25) is 11.8 Å². The average Bonchev–Trinajstić information content (AvgIpc) is 3.44. The number of hydrogen-bond donors (Lipinski definition) is 1. The van der Waals surface area contributed by atoms with Crippen molar-refractivity contribution in [3.8, 4) is 22.2 Å². The van der Waals surface area contributed by atoms with Crippen LogP contribution in [0.4, 0.5) is 5.69 Å². The van der Waals surface area contributed by atoms with E-state index in [1.165, 1.54) is 0 Å². The number of carbonyl (C=O) groups is 3. The van der Waals surface area contributed by atoms with Gasteiger partial charge in [0, 0.05) is 40.5 Å². The number of fused-ring (bicyclic) bond motifs is 3. The Labute approximate surface area is 314 Å². The predicted molar refractivity (Wildman–Crippen MR) is 206 cm³/mol. The van der Waals surface area contributed by atoms with E-state index in [1.807, 2.05) is 66.4 Å². The van der Waals surface area contributed by atoms with E-state index in [0.717, 1.165) is 52.1 Å². The highest BCUT2D eigenvalue weighted by atomic mass is 32.1. The molecule has 2 aromatic heterocycles. The van der Waals surface area contributed by atoms with Crippen LogP contribution in [-0.2, 0) is 19.1 Å². The fourth-order valence-electron chi connectivity index (χ4n) is 7.80. The van der Waals surface area contributed by atoms with Crippen molar-refractivity contribution < 1.29 is 28.6 Å². The molecule has 2 saturated carbocycles. The monoisotopic (exact) mass is 736 g/mol. The van der Waals surface area contributed by atoms with Gasteiger partial charge in [-0.25, -0.2) is 14.8 Å². The summed E-state index contributed by atoms with van der Waals surface area (Å²) in [6.07, 6.45) is 7.26. The zero-order valence-electron chi connectivity index (χ0n) is 31.1. The number of carbonyl (C=O) groups excluding carboxylic acids is 3. The third kappa shape index (κ3) is 7.28. The summed E-state index contributed by atoms with van der Waals surface area (Å²) in [4.78, 5) is 54.3. The van der Waals surface area contributed by atoms with Crippen LogP contribution < -0.4 is 19.7 Å². The number of aromatic nitrogens is 2. The normalized spacial score (nSPS) is 25.3. The van der Waals surface area contributed by atoms with Crippen molar-refractivity contribution in [1.29, 1.82) is 0 Å². The summed E-state index contributed by atoms with van der Waals surface area (Å²) >= 11 is 1.54. The Hall–Kier alpha value is -4.77. The summed E-state index contributed by atoms with van der Waals surface area (Å²) < 4.78 is 18.0. The number of anilines is 1. The summed E-state index contributed by atoms with van der Waals surface area (Å²) in [6.45, 7) is 8.72. The number of methoxy groups -OCH3 is 1. The fraction of sp³-hybridized carbons (Fsp3) is 0.452. The topological polar surface area (TPSA) is 120 Å². The van der Waals surface area contributed by atoms with Gasteiger partial charge in [0.25, 0.3) is 0 Å². The van der Waals surface area contributed by atoms with Gasteiger partial charge in [-0.15, -0.1) is 11.3 Å². The van der Waals surface area contributed by atoms with Crippen molar-refractivity contribution in [3.05, 3.63) is 77.3 Å². The molecule has 0 bridgehead atoms. The van der Waals surface area contributed by atoms with Gasteiger partial charge >= 0.3 is 5.97 Å². The second kappa shape index (κ2) is 15.3. The smallest absolute Gasteiger partial charge is 0.332 e. The minimum Gasteiger partial charge on any atom is -0.496 e. The zero-order chi connectivity index (χ0) is 37.3. The lowest BCUT2D eigenvalue weighted by molar-refractivity contribution is -0.150. The molecule has 278 valence electrons. The molecule has 0 spiro atoms. The maximum absolute atomic E-state index is 14.7. The van der Waals surface area contributed by atoms with E-state index in [9.17, 15) is 14.4 Å². The molecule has 11 heteroatoms. The maximum Gasteiger partial charge on any atom is 0.332 e. The van der Waals surface area contributed by atoms with Gasteiger partial charge in [0.15, 0.2) is 0 Å². The number of nitrogens with zero attached hydrogens (tertiary/aromatic N) is 3. The molecule has 2 aliphatic carbocycles. The molecule has 4 aromatic rings. The van der Waals surface area contributed by atoms with Crippen molar-refractivity contribution in [2.24, 2.45) is 17.8 Å². The number of amides is 2. The second-order valence-corrected chi connectivity index (χ2v) is 15.6. The zero-order valence-corrected chi connectivity index (χ0v) is 31.9. The number of allylic oxidation sites excluding steroid dienone is 1. The highest BCUT2D eigenvalue weighted by Crippen LogP contribution is 2.48. The Kier molecular flexibility index (Phi) is 10.6. The van der Waals surface area contributed by atoms with Crippen LogP contribution in [0.15, 0.2) is 66.1 Å². The third-order valence-electron chi connectivity index (χ3n) is 10.9. The van der Waals surface area contributed by atoms with E-state index in [2.05, 4.69) is 30.6 Å². The largest absolute Gasteiger partial charge is 0.496 e. The first-order chi connectivity index (χ1) is 25.6. The average molecular weight is 737 g/mol. The van der Waals surface area contributed by atoms with Crippen LogP contribution in [0.2, 0.25) is 0 Å². The first kappa shape index (κ1) is 36.6. The molecule has 0 radical (unpaired) electrons. The quantitative estimate of drug-likeness (QED) is 0.144. The number of rotatable bonds is 8. The third-order valence-corrected chi connectivity index (χ3v) is 11.8. The molecule has 7 rings (SSSR count). The minimum absolute atomic E-state index is 0.113. The van der Waals surface area contributed by atoms with Crippen LogP contribution in [0.1, 0.15) is 76.5 Å². The van der Waals surface area contributed by atoms with Crippen molar-refractivity contribution in [2.45, 2.75) is 83.8 Å². The Morgan fingerprint density at radius 2 is 1.85 bits per heavy atom. The van der Waals surface area contributed by atoms with Gasteiger partial charge in [-0.2, -0.15) is 0 Å². The Bertz CT molecular complexity index is 2030. The lowest BCUT2D eigenvalue weighted by Gasteiger charge is -2.29. The number of aryl methyl sites for hydroxylation is 1. The summed E-state index contributed by atoms with van der Waals surface area (Å²) in [5.41, 5.74) is 2.97. The summed E-state index contributed by atoms with van der Waals surface area (Å²) in [5, 5.41) is 6.76. The number of nitrogens with one attached hydrogen (secondary N) is 1. The molecule has 1 N–H and O–H groups in total. The number of benzene rings is 2. The highest BCUT2D eigenvalue weighted by molar-refractivity contribution is 7.13. The molecule has 1 aliphatic heterocycles. The van der Waals surface area contributed by atoms with Crippen LogP contribution in [0.5, 0.6) is 11.5 Å². The van der Waals surface area contributed by atoms with Gasteiger partial charge in [-0.1, -0.05) is 44.2 Å². The molecule has 2 aromatic carbocycles. The Morgan fingerprint density at radius 3 is 2.58 bits per heavy atom. The molecular formula is C42H48N4O6S. The van der Waals surface area contributed by atoms with Crippen molar-refractivity contribution >= 4 is 45.7 Å². The first-order valence-electron chi connectivity index (χ1n) is 18.8. The molecule has 53 heavy (non-hydrogen) atoms. The van der Waals surface area contributed by atoms with Crippen LogP contribution in [-0.4, -0.2) is 59.7 Å². The van der Waals surface area contributed by atoms with Crippen molar-refractivity contribution in [1.82, 2.24) is 15.3 Å². The first-order valence-corrected chi connectivity index (χ1v) is 19.6. The standard InChI is InChI=1S/C42H48N4O6S/c1-6-51-41(49)42-23-27(42)14-10-7-8-13-19-46(28-15-11-9-12-16-28)40(48)32-21-29(20-31(32)38(47)45-42)52-36-22-33(39-44-34(24-53-39)25(2)3)43-37-26(4)35(50-5)18-17-30(36)37/h9-12,14-18,22,24-25,27,29,31-32H,6-8,13,19-21,23H2,1-5H3,(H,45,47)/b14-10-/t27-,29-,31-,32-,42-/m1/s1. The van der Waals surface area contributed by atoms with E-state index in [1.54, 1.807) is 25.4 Å². The van der Waals surface area contributed by atoms with Gasteiger partial charge in [-0.3, -0.25) is 9.59 Å². The fourth-order valence-corrected chi connectivity index (χ4v) is 8.74. The number of para-hydroxylation sites is 1. The Balaban J connectivity index is 1.26. The summed E-state index contributed by atoms with van der Waals surface area (Å²) in [6, 6.07) is 15.4. The van der Waals surface area contributed by atoms with Gasteiger partial charge in [0.1, 0.15) is 33.8 Å². The molecule has 2 amide bonds. The van der Waals surface area contributed by atoms with E-state index >= 15 is 0 Å². The molecule has 3 heterocycles. The SMILES string of the molecule is CCOC(=O)[C@@]12C[C@H]1/C=C\CCCCN(c1ccccc1)C(=O)[C@@H]1C[C@H](Oc3cc(-c4nc(C(C)C)cs4)nc4c(C)c(OC)ccc34)C[C@H]1C(=O)N2. The molecule has 0 saturated heterocycles. The van der Waals surface area contributed by atoms with E-state index in [-0.39, 0.29) is 30.3 Å². The van der Waals surface area contributed by atoms with E-state index in [4.69, 9.17) is 24.2 Å². The van der Waals surface area contributed by atoms with E-state index in [0.29, 0.717) is 43.0 Å². The van der Waals surface area contributed by atoms with Crippen LogP contribution in [0.25, 0.3) is 21.6 Å². The predicted octanol–water partition coefficient (Wildman–Crippen LogP) is 7.78. The Morgan fingerprint density at radius 1 is 1.06 bits per heavy atom. The number of thiazole rings is 1. The van der Waals surface area contributed by atoms with Gasteiger partial charge in [0.05, 0.1) is 36.8 Å². The molecule has 2 fully saturated rings. The molecule has 0 unspecified atom stereocenters. The molecular weight excluding hydrogens is 689 g/mol. The van der Waals surface area contributed by atoms with Crippen molar-refractivity contribution in [2.75, 3.05) is 25.2 Å². The minimum atomic E-state index is -1.13. The lowest BCUT2D eigenvalue weighted by atomic mass is 9.92. The summed E-state index contributed by atoms with van der Waals surface area (Å²) in [5.74, 6) is -0.821. The maximum atomic E-state index is 14.7. The van der Waals surface area contributed by atoms with Crippen molar-refractivity contribution in [3.63, 3.8) is 0 Å². The number of hydrogen-bond acceptors (Lipinski definition) is 9. The molecule has 10 nitrogen and oxygen atoms in total. The highest BCUT2D eigenvalue weighted by Gasteiger charge is 2.62. The summed E-state index contributed by atoms with van der Waals surface area (Å²) in [7, 11) is 1.64. The number of ether oxygens (including phenoxy) is 3.